The van der Waals surface area contributed by atoms with Crippen LogP contribution in [0.2, 0.25) is 0 Å². The molecule has 0 amide bonds. The summed E-state index contributed by atoms with van der Waals surface area (Å²) in [5, 5.41) is 12.0. The highest BCUT2D eigenvalue weighted by molar-refractivity contribution is 5.56. The molecule has 3 rings (SSSR count). The van der Waals surface area contributed by atoms with E-state index in [1.807, 2.05) is 31.2 Å². The maximum Gasteiger partial charge on any atom is 0.251 e. The fourth-order valence-corrected chi connectivity index (χ4v) is 2.35. The number of H-pyrrole nitrogens is 1. The maximum atomic E-state index is 11.7. The molecule has 0 saturated heterocycles. The number of aromatic nitrogens is 3. The van der Waals surface area contributed by atoms with E-state index < -0.39 is 0 Å². The van der Waals surface area contributed by atoms with Crippen LogP contribution in [-0.2, 0) is 13.0 Å². The predicted octanol–water partition coefficient (Wildman–Crippen LogP) is 2.88. The number of benzene rings is 1. The Bertz CT molecular complexity index is 953. The molecule has 1 aromatic carbocycles. The normalized spacial score (nSPS) is 10.2. The first-order chi connectivity index (χ1) is 12.2. The fourth-order valence-electron chi connectivity index (χ4n) is 2.35. The number of nitrogens with one attached hydrogen (secondary N) is 2. The van der Waals surface area contributed by atoms with Gasteiger partial charge in [0.15, 0.2) is 0 Å². The quantitative estimate of drug-likeness (QED) is 0.749. The molecule has 0 fully saturated rings. The molecule has 3 aromatic rings. The van der Waals surface area contributed by atoms with Crippen LogP contribution in [0.5, 0.6) is 0 Å². The van der Waals surface area contributed by atoms with Crippen molar-refractivity contribution in [2.24, 2.45) is 0 Å². The van der Waals surface area contributed by atoms with Crippen LogP contribution in [0, 0.1) is 11.3 Å². The van der Waals surface area contributed by atoms with Gasteiger partial charge in [-0.2, -0.15) is 5.26 Å². The average Bonchev–Trinajstić information content (AvgIpc) is 2.66. The Labute approximate surface area is 145 Å². The van der Waals surface area contributed by atoms with Crippen molar-refractivity contribution >= 4 is 5.82 Å². The molecule has 0 aliphatic heterocycles. The highest BCUT2D eigenvalue weighted by Crippen LogP contribution is 2.15. The molecule has 0 atom stereocenters. The SMILES string of the molecule is CCc1cc(=O)[nH]c(-c2ccc(NCc3ccc(C#N)cc3)nc2)n1. The lowest BCUT2D eigenvalue weighted by Crippen LogP contribution is -2.10. The minimum absolute atomic E-state index is 0.162. The Morgan fingerprint density at radius 3 is 2.64 bits per heavy atom. The molecule has 0 bridgehead atoms. The lowest BCUT2D eigenvalue weighted by molar-refractivity contribution is 0.985. The molecule has 2 aromatic heterocycles. The topological polar surface area (TPSA) is 94.5 Å². The van der Waals surface area contributed by atoms with Crippen molar-refractivity contribution in [2.45, 2.75) is 19.9 Å². The van der Waals surface area contributed by atoms with Crippen LogP contribution in [0.4, 0.5) is 5.82 Å². The van der Waals surface area contributed by atoms with Crippen molar-refractivity contribution in [3.8, 4) is 17.5 Å². The summed E-state index contributed by atoms with van der Waals surface area (Å²) in [6, 6.07) is 14.7. The van der Waals surface area contributed by atoms with Gasteiger partial charge in [0.05, 0.1) is 11.6 Å². The van der Waals surface area contributed by atoms with Crippen LogP contribution in [0.3, 0.4) is 0 Å². The molecule has 0 spiro atoms. The summed E-state index contributed by atoms with van der Waals surface area (Å²) < 4.78 is 0. The van der Waals surface area contributed by atoms with E-state index in [-0.39, 0.29) is 5.56 Å². The Morgan fingerprint density at radius 1 is 1.20 bits per heavy atom. The van der Waals surface area contributed by atoms with Gasteiger partial charge >= 0.3 is 0 Å². The number of hydrogen-bond donors (Lipinski definition) is 2. The Kier molecular flexibility index (Phi) is 4.86. The van der Waals surface area contributed by atoms with Gasteiger partial charge in [0.2, 0.25) is 0 Å². The third-order valence-corrected chi connectivity index (χ3v) is 3.75. The largest absolute Gasteiger partial charge is 0.366 e. The van der Waals surface area contributed by atoms with Gasteiger partial charge in [-0.1, -0.05) is 19.1 Å². The van der Waals surface area contributed by atoms with E-state index in [0.717, 1.165) is 22.6 Å². The average molecular weight is 331 g/mol. The summed E-state index contributed by atoms with van der Waals surface area (Å²) in [4.78, 5) is 23.2. The third kappa shape index (κ3) is 4.09. The van der Waals surface area contributed by atoms with Crippen molar-refractivity contribution in [2.75, 3.05) is 5.32 Å². The highest BCUT2D eigenvalue weighted by Gasteiger charge is 2.04. The first kappa shape index (κ1) is 16.4. The molecular formula is C19H17N5O. The van der Waals surface area contributed by atoms with E-state index in [1.54, 1.807) is 18.3 Å². The lowest BCUT2D eigenvalue weighted by Gasteiger charge is -2.07. The van der Waals surface area contributed by atoms with E-state index in [0.29, 0.717) is 24.4 Å². The Morgan fingerprint density at radius 2 is 2.00 bits per heavy atom. The standard InChI is InChI=1S/C19H17N5O/c1-2-16-9-18(25)24-19(23-16)15-7-8-17(22-12-15)21-11-14-5-3-13(10-20)4-6-14/h3-9,12H,2,11H2,1H3,(H,21,22)(H,23,24,25). The van der Waals surface area contributed by atoms with Crippen molar-refractivity contribution in [1.29, 1.82) is 5.26 Å². The van der Waals surface area contributed by atoms with E-state index in [1.165, 1.54) is 6.07 Å². The van der Waals surface area contributed by atoms with Gasteiger partial charge in [0.1, 0.15) is 11.6 Å². The van der Waals surface area contributed by atoms with Crippen LogP contribution in [0.15, 0.2) is 53.5 Å². The van der Waals surface area contributed by atoms with E-state index in [4.69, 9.17) is 5.26 Å². The molecule has 6 nitrogen and oxygen atoms in total. The molecule has 25 heavy (non-hydrogen) atoms. The molecule has 0 aliphatic rings. The van der Waals surface area contributed by atoms with Gasteiger partial charge < -0.3 is 10.3 Å². The minimum Gasteiger partial charge on any atom is -0.366 e. The zero-order valence-corrected chi connectivity index (χ0v) is 13.8. The van der Waals surface area contributed by atoms with Gasteiger partial charge in [-0.15, -0.1) is 0 Å². The Balaban J connectivity index is 1.70. The smallest absolute Gasteiger partial charge is 0.251 e. The van der Waals surface area contributed by atoms with Crippen LogP contribution >= 0.6 is 0 Å². The molecule has 2 N–H and O–H groups in total. The summed E-state index contributed by atoms with van der Waals surface area (Å²) in [5.74, 6) is 1.25. The van der Waals surface area contributed by atoms with Crippen molar-refractivity contribution in [1.82, 2.24) is 15.0 Å². The maximum absolute atomic E-state index is 11.7. The van der Waals surface area contributed by atoms with Crippen molar-refractivity contribution < 1.29 is 0 Å². The van der Waals surface area contributed by atoms with E-state index in [9.17, 15) is 4.79 Å². The predicted molar refractivity (Wildman–Crippen MR) is 96.0 cm³/mol. The number of pyridine rings is 1. The van der Waals surface area contributed by atoms with Gasteiger partial charge in [-0.3, -0.25) is 4.79 Å². The fraction of sp³-hybridized carbons (Fsp3) is 0.158. The summed E-state index contributed by atoms with van der Waals surface area (Å²) in [5.41, 5.74) is 3.05. The van der Waals surface area contributed by atoms with Gasteiger partial charge in [0.25, 0.3) is 5.56 Å². The molecule has 124 valence electrons. The Hall–Kier alpha value is -3.46. The third-order valence-electron chi connectivity index (χ3n) is 3.75. The van der Waals surface area contributed by atoms with Gasteiger partial charge in [-0.05, 0) is 36.2 Å². The lowest BCUT2D eigenvalue weighted by atomic mass is 10.1. The first-order valence-electron chi connectivity index (χ1n) is 7.97. The van der Waals surface area contributed by atoms with E-state index in [2.05, 4.69) is 26.3 Å². The van der Waals surface area contributed by atoms with Gasteiger partial charge in [0, 0.05) is 30.1 Å². The minimum atomic E-state index is -0.162. The number of hydrogen-bond acceptors (Lipinski definition) is 5. The summed E-state index contributed by atoms with van der Waals surface area (Å²) in [6.07, 6.45) is 2.38. The highest BCUT2D eigenvalue weighted by atomic mass is 16.1. The van der Waals surface area contributed by atoms with Crippen molar-refractivity contribution in [3.05, 3.63) is 75.8 Å². The molecule has 0 unspecified atom stereocenters. The monoisotopic (exact) mass is 331 g/mol. The van der Waals surface area contributed by atoms with Crippen LogP contribution < -0.4 is 10.9 Å². The van der Waals surface area contributed by atoms with Crippen LogP contribution in [0.25, 0.3) is 11.4 Å². The second-order valence-corrected chi connectivity index (χ2v) is 5.53. The number of nitrogens with zero attached hydrogens (tertiary/aromatic N) is 3. The summed E-state index contributed by atoms with van der Waals surface area (Å²) in [7, 11) is 0. The van der Waals surface area contributed by atoms with E-state index >= 15 is 0 Å². The molecule has 0 saturated carbocycles. The molecular weight excluding hydrogens is 314 g/mol. The number of aromatic amines is 1. The molecule has 2 heterocycles. The number of nitriles is 1. The van der Waals surface area contributed by atoms with Crippen LogP contribution in [-0.4, -0.2) is 15.0 Å². The zero-order valence-electron chi connectivity index (χ0n) is 13.8. The number of aryl methyl sites for hydroxylation is 1. The van der Waals surface area contributed by atoms with Gasteiger partial charge in [-0.25, -0.2) is 9.97 Å². The zero-order chi connectivity index (χ0) is 17.6. The second kappa shape index (κ2) is 7.41. The number of rotatable bonds is 5. The summed E-state index contributed by atoms with van der Waals surface area (Å²) >= 11 is 0. The molecule has 0 radical (unpaired) electrons. The molecule has 6 heteroatoms. The number of anilines is 1. The second-order valence-electron chi connectivity index (χ2n) is 5.53. The molecule has 0 aliphatic carbocycles. The summed E-state index contributed by atoms with van der Waals surface area (Å²) in [6.45, 7) is 2.57. The van der Waals surface area contributed by atoms with Crippen molar-refractivity contribution in [3.63, 3.8) is 0 Å². The van der Waals surface area contributed by atoms with Crippen LogP contribution in [0.1, 0.15) is 23.7 Å². The first-order valence-corrected chi connectivity index (χ1v) is 7.97.